The molecule has 0 aliphatic rings. The number of carbonyl (C=O) groups is 1. The molecule has 1 rings (SSSR count). The van der Waals surface area contributed by atoms with E-state index in [0.717, 1.165) is 11.1 Å². The van der Waals surface area contributed by atoms with E-state index in [-0.39, 0.29) is 5.57 Å². The van der Waals surface area contributed by atoms with Gasteiger partial charge in [0.05, 0.1) is 12.5 Å². The molecule has 0 aromatic heterocycles. The molecule has 1 amide bonds. The Balaban J connectivity index is 2.73. The van der Waals surface area contributed by atoms with E-state index in [9.17, 15) is 4.79 Å². The van der Waals surface area contributed by atoms with Crippen LogP contribution in [0.15, 0.2) is 30.0 Å². The van der Waals surface area contributed by atoms with Crippen LogP contribution < -0.4 is 10.6 Å². The van der Waals surface area contributed by atoms with Crippen molar-refractivity contribution >= 4 is 11.6 Å². The monoisotopic (exact) mass is 268 g/mol. The lowest BCUT2D eigenvalue weighted by Gasteiger charge is -2.08. The van der Waals surface area contributed by atoms with Gasteiger partial charge in [-0.25, -0.2) is 0 Å². The van der Waals surface area contributed by atoms with Gasteiger partial charge in [-0.1, -0.05) is 17.7 Å². The number of rotatable bonds is 5. The number of hydrogen-bond donors (Lipinski definition) is 2. The van der Waals surface area contributed by atoms with E-state index >= 15 is 0 Å². The fourth-order valence-electron chi connectivity index (χ4n) is 1.59. The van der Waals surface area contributed by atoms with Crippen molar-refractivity contribution in [2.24, 2.45) is 0 Å². The summed E-state index contributed by atoms with van der Waals surface area (Å²) in [5.41, 5.74) is 2.70. The van der Waals surface area contributed by atoms with Gasteiger partial charge in [-0.2, -0.15) is 10.5 Å². The van der Waals surface area contributed by atoms with Crippen LogP contribution in [0, 0.1) is 36.5 Å². The normalized spacial score (nSPS) is 10.3. The lowest BCUT2D eigenvalue weighted by Crippen LogP contribution is -2.17. The van der Waals surface area contributed by atoms with Crippen molar-refractivity contribution in [3.8, 4) is 12.1 Å². The summed E-state index contributed by atoms with van der Waals surface area (Å²) in [6.45, 7) is 4.26. The Bertz CT molecular complexity index is 605. The van der Waals surface area contributed by atoms with Gasteiger partial charge in [0.15, 0.2) is 0 Å². The van der Waals surface area contributed by atoms with Crippen LogP contribution in [-0.4, -0.2) is 12.5 Å². The first-order chi connectivity index (χ1) is 9.58. The van der Waals surface area contributed by atoms with E-state index in [0.29, 0.717) is 18.7 Å². The smallest absolute Gasteiger partial charge is 0.267 e. The quantitative estimate of drug-likeness (QED) is 0.486. The fourth-order valence-corrected chi connectivity index (χ4v) is 1.59. The van der Waals surface area contributed by atoms with E-state index in [4.69, 9.17) is 10.5 Å². The molecule has 0 heterocycles. The van der Waals surface area contributed by atoms with Crippen molar-refractivity contribution in [3.63, 3.8) is 0 Å². The lowest BCUT2D eigenvalue weighted by atomic mass is 10.1. The molecule has 0 fully saturated rings. The highest BCUT2D eigenvalue weighted by Crippen LogP contribution is 2.16. The first kappa shape index (κ1) is 15.3. The first-order valence-electron chi connectivity index (χ1n) is 6.17. The summed E-state index contributed by atoms with van der Waals surface area (Å²) in [7, 11) is 0. The summed E-state index contributed by atoms with van der Waals surface area (Å²) in [6.07, 6.45) is 1.64. The first-order valence-corrected chi connectivity index (χ1v) is 6.17. The summed E-state index contributed by atoms with van der Waals surface area (Å²) in [6, 6.07) is 9.45. The largest absolute Gasteiger partial charge is 0.389 e. The van der Waals surface area contributed by atoms with Gasteiger partial charge in [0.1, 0.15) is 11.6 Å². The van der Waals surface area contributed by atoms with Crippen LogP contribution in [0.2, 0.25) is 0 Å². The van der Waals surface area contributed by atoms with Gasteiger partial charge >= 0.3 is 0 Å². The van der Waals surface area contributed by atoms with Crippen LogP contribution in [0.4, 0.5) is 5.69 Å². The molecule has 0 saturated carbocycles. The highest BCUT2D eigenvalue weighted by Gasteiger charge is 2.10. The molecule has 102 valence electrons. The molecule has 0 unspecified atom stereocenters. The van der Waals surface area contributed by atoms with Gasteiger partial charge in [0, 0.05) is 18.4 Å². The molecule has 0 spiro atoms. The highest BCUT2D eigenvalue weighted by molar-refractivity contribution is 6.06. The number of aryl methyl sites for hydroxylation is 2. The fraction of sp³-hybridized carbons (Fsp3) is 0.267. The number of amides is 1. The number of benzene rings is 1. The number of nitriles is 2. The number of nitrogens with one attached hydrogen (secondary N) is 2. The molecule has 20 heavy (non-hydrogen) atoms. The van der Waals surface area contributed by atoms with E-state index in [2.05, 4.69) is 10.6 Å². The van der Waals surface area contributed by atoms with Crippen molar-refractivity contribution in [1.29, 1.82) is 10.5 Å². The molecule has 1 aromatic carbocycles. The minimum atomic E-state index is -0.469. The van der Waals surface area contributed by atoms with Gasteiger partial charge < -0.3 is 10.6 Å². The molecule has 0 radical (unpaired) electrons. The van der Waals surface area contributed by atoms with Crippen molar-refractivity contribution in [3.05, 3.63) is 41.1 Å². The summed E-state index contributed by atoms with van der Waals surface area (Å²) in [5, 5.41) is 22.8. The van der Waals surface area contributed by atoms with E-state index < -0.39 is 5.91 Å². The number of carbonyl (C=O) groups excluding carboxylic acids is 1. The average Bonchev–Trinajstić information content (AvgIpc) is 2.42. The second kappa shape index (κ2) is 7.60. The predicted octanol–water partition coefficient (Wildman–Crippen LogP) is 2.15. The zero-order chi connectivity index (χ0) is 15.0. The molecule has 5 nitrogen and oxygen atoms in total. The minimum absolute atomic E-state index is 0.0251. The van der Waals surface area contributed by atoms with Gasteiger partial charge in [0.2, 0.25) is 0 Å². The van der Waals surface area contributed by atoms with Crippen molar-refractivity contribution in [1.82, 2.24) is 5.32 Å². The van der Waals surface area contributed by atoms with E-state index in [1.165, 1.54) is 6.20 Å². The Labute approximate surface area is 118 Å². The van der Waals surface area contributed by atoms with Crippen LogP contribution in [0.1, 0.15) is 17.5 Å². The topological polar surface area (TPSA) is 88.7 Å². The summed E-state index contributed by atoms with van der Waals surface area (Å²) in [4.78, 5) is 11.9. The second-order valence-electron chi connectivity index (χ2n) is 4.30. The van der Waals surface area contributed by atoms with Gasteiger partial charge in [-0.15, -0.1) is 0 Å². The molecule has 1 aromatic rings. The molecule has 0 bridgehead atoms. The number of nitrogens with zero attached hydrogens (tertiary/aromatic N) is 2. The molecular weight excluding hydrogens is 252 g/mol. The SMILES string of the molecule is Cc1ccc(NC(=O)/C(C#N)=C\NCCC#N)c(C)c1. The van der Waals surface area contributed by atoms with Crippen LogP contribution in [0.3, 0.4) is 0 Å². The number of hydrogen-bond acceptors (Lipinski definition) is 4. The lowest BCUT2D eigenvalue weighted by molar-refractivity contribution is -0.112. The van der Waals surface area contributed by atoms with Crippen molar-refractivity contribution < 1.29 is 4.79 Å². The van der Waals surface area contributed by atoms with E-state index in [1.807, 2.05) is 38.1 Å². The van der Waals surface area contributed by atoms with Crippen LogP contribution in [0.25, 0.3) is 0 Å². The molecular formula is C15H16N4O. The molecule has 0 aliphatic heterocycles. The second-order valence-corrected chi connectivity index (χ2v) is 4.30. The zero-order valence-electron chi connectivity index (χ0n) is 11.5. The maximum Gasteiger partial charge on any atom is 0.267 e. The third-order valence-corrected chi connectivity index (χ3v) is 2.62. The summed E-state index contributed by atoms with van der Waals surface area (Å²) in [5.74, 6) is -0.469. The molecule has 0 saturated heterocycles. The third-order valence-electron chi connectivity index (χ3n) is 2.62. The van der Waals surface area contributed by atoms with Crippen LogP contribution in [0.5, 0.6) is 0 Å². The Morgan fingerprint density at radius 3 is 2.70 bits per heavy atom. The maximum atomic E-state index is 11.9. The van der Waals surface area contributed by atoms with Crippen LogP contribution in [-0.2, 0) is 4.79 Å². The van der Waals surface area contributed by atoms with Crippen LogP contribution >= 0.6 is 0 Å². The van der Waals surface area contributed by atoms with E-state index in [1.54, 1.807) is 6.07 Å². The Kier molecular flexibility index (Phi) is 5.80. The summed E-state index contributed by atoms with van der Waals surface area (Å²) >= 11 is 0. The minimum Gasteiger partial charge on any atom is -0.389 e. The maximum absolute atomic E-state index is 11.9. The van der Waals surface area contributed by atoms with Gasteiger partial charge in [-0.3, -0.25) is 4.79 Å². The predicted molar refractivity (Wildman–Crippen MR) is 76.5 cm³/mol. The summed E-state index contributed by atoms with van der Waals surface area (Å²) < 4.78 is 0. The Morgan fingerprint density at radius 1 is 1.35 bits per heavy atom. The van der Waals surface area contributed by atoms with Gasteiger partial charge in [-0.05, 0) is 25.5 Å². The van der Waals surface area contributed by atoms with Gasteiger partial charge in [0.25, 0.3) is 5.91 Å². The Hall–Kier alpha value is -2.79. The van der Waals surface area contributed by atoms with Crippen molar-refractivity contribution in [2.75, 3.05) is 11.9 Å². The molecule has 0 aliphatic carbocycles. The average molecular weight is 268 g/mol. The van der Waals surface area contributed by atoms with Crippen molar-refractivity contribution in [2.45, 2.75) is 20.3 Å². The number of anilines is 1. The zero-order valence-corrected chi connectivity index (χ0v) is 11.5. The molecule has 0 atom stereocenters. The standard InChI is InChI=1S/C15H16N4O/c1-11-4-5-14(12(2)8-11)19-15(20)13(9-17)10-18-7-3-6-16/h4-5,8,10,18H,3,7H2,1-2H3,(H,19,20)/b13-10-. The Morgan fingerprint density at radius 2 is 2.10 bits per heavy atom. The third kappa shape index (κ3) is 4.47. The highest BCUT2D eigenvalue weighted by atomic mass is 16.1. The molecule has 2 N–H and O–H groups in total. The molecule has 5 heteroatoms.